The highest BCUT2D eigenvalue weighted by atomic mass is 35.5. The van der Waals surface area contributed by atoms with Gasteiger partial charge in [0.05, 0.1) is 30.7 Å². The standard InChI is InChI=1S/C21H21Cl2NO5/c1-13(25)24-18(15-5-2-3-6-16(15)22)11-20(26)29-12-14-9-17(23)21-19(10-14)27-7-4-8-28-21/h2-3,5-6,9-10,18H,4,7-8,11-12H2,1H3,(H,24,25)/t18-/m0/s1. The van der Waals surface area contributed by atoms with Gasteiger partial charge in [-0.1, -0.05) is 41.4 Å². The van der Waals surface area contributed by atoms with Crippen LogP contribution in [0.1, 0.15) is 36.9 Å². The number of ether oxygens (including phenoxy) is 3. The number of amides is 1. The predicted molar refractivity (Wildman–Crippen MR) is 109 cm³/mol. The van der Waals surface area contributed by atoms with Crippen LogP contribution in [0.3, 0.4) is 0 Å². The molecule has 2 aromatic rings. The first-order valence-corrected chi connectivity index (χ1v) is 9.95. The molecule has 1 atom stereocenters. The number of nitrogens with one attached hydrogen (secondary N) is 1. The quantitative estimate of drug-likeness (QED) is 0.674. The molecule has 154 valence electrons. The van der Waals surface area contributed by atoms with E-state index in [0.717, 1.165) is 6.42 Å². The summed E-state index contributed by atoms with van der Waals surface area (Å²) < 4.78 is 16.6. The van der Waals surface area contributed by atoms with Crippen LogP contribution in [0, 0.1) is 0 Å². The molecule has 0 aromatic heterocycles. The molecule has 1 heterocycles. The highest BCUT2D eigenvalue weighted by molar-refractivity contribution is 6.32. The average Bonchev–Trinajstić information content (AvgIpc) is 2.92. The fraction of sp³-hybridized carbons (Fsp3) is 0.333. The molecule has 0 unspecified atom stereocenters. The van der Waals surface area contributed by atoms with Crippen molar-refractivity contribution in [3.05, 3.63) is 57.6 Å². The molecule has 0 saturated heterocycles. The maximum atomic E-state index is 12.4. The third kappa shape index (κ3) is 5.78. The summed E-state index contributed by atoms with van der Waals surface area (Å²) in [7, 11) is 0. The van der Waals surface area contributed by atoms with Gasteiger partial charge in [-0.15, -0.1) is 0 Å². The SMILES string of the molecule is CC(=O)N[C@@H](CC(=O)OCc1cc(Cl)c2c(c1)OCCCO2)c1ccccc1Cl. The smallest absolute Gasteiger partial charge is 0.308 e. The van der Waals surface area contributed by atoms with Gasteiger partial charge in [-0.3, -0.25) is 9.59 Å². The lowest BCUT2D eigenvalue weighted by molar-refractivity contribution is -0.145. The molecular weight excluding hydrogens is 417 g/mol. The summed E-state index contributed by atoms with van der Waals surface area (Å²) in [4.78, 5) is 24.0. The minimum absolute atomic E-state index is 0.0184. The van der Waals surface area contributed by atoms with Crippen molar-refractivity contribution in [3.8, 4) is 11.5 Å². The number of benzene rings is 2. The Labute approximate surface area is 179 Å². The van der Waals surface area contributed by atoms with E-state index < -0.39 is 12.0 Å². The van der Waals surface area contributed by atoms with Gasteiger partial charge in [-0.05, 0) is 29.3 Å². The summed E-state index contributed by atoms with van der Waals surface area (Å²) in [6.07, 6.45) is 0.712. The van der Waals surface area contributed by atoms with E-state index in [1.807, 2.05) is 0 Å². The largest absolute Gasteiger partial charge is 0.489 e. The normalized spacial score (nSPS) is 13.9. The molecule has 6 nitrogen and oxygen atoms in total. The van der Waals surface area contributed by atoms with Crippen molar-refractivity contribution in [1.29, 1.82) is 0 Å². The number of hydrogen-bond acceptors (Lipinski definition) is 5. The Bertz CT molecular complexity index is 903. The molecule has 1 amide bonds. The van der Waals surface area contributed by atoms with E-state index >= 15 is 0 Å². The maximum Gasteiger partial charge on any atom is 0.308 e. The second kappa shape index (κ2) is 9.85. The minimum Gasteiger partial charge on any atom is -0.489 e. The van der Waals surface area contributed by atoms with Crippen LogP contribution in [0.5, 0.6) is 11.5 Å². The summed E-state index contributed by atoms with van der Waals surface area (Å²) in [5.41, 5.74) is 1.33. The Kier molecular flexibility index (Phi) is 7.23. The van der Waals surface area contributed by atoms with Crippen LogP contribution in [0.25, 0.3) is 0 Å². The van der Waals surface area contributed by atoms with E-state index in [2.05, 4.69) is 5.32 Å². The number of esters is 1. The molecule has 0 saturated carbocycles. The zero-order valence-corrected chi connectivity index (χ0v) is 17.4. The molecular formula is C21H21Cl2NO5. The summed E-state index contributed by atoms with van der Waals surface area (Å²) in [6.45, 7) is 2.47. The molecule has 0 fully saturated rings. The van der Waals surface area contributed by atoms with Gasteiger partial charge >= 0.3 is 5.97 Å². The monoisotopic (exact) mass is 437 g/mol. The van der Waals surface area contributed by atoms with Gasteiger partial charge in [-0.25, -0.2) is 0 Å². The van der Waals surface area contributed by atoms with Crippen molar-refractivity contribution in [2.24, 2.45) is 0 Å². The lowest BCUT2D eigenvalue weighted by Crippen LogP contribution is -2.28. The number of carbonyl (C=O) groups is 2. The molecule has 29 heavy (non-hydrogen) atoms. The fourth-order valence-electron chi connectivity index (χ4n) is 3.00. The topological polar surface area (TPSA) is 73.9 Å². The van der Waals surface area contributed by atoms with E-state index in [1.165, 1.54) is 6.92 Å². The van der Waals surface area contributed by atoms with Crippen LogP contribution in [-0.4, -0.2) is 25.1 Å². The highest BCUT2D eigenvalue weighted by Crippen LogP contribution is 2.38. The van der Waals surface area contributed by atoms with Gasteiger partial charge < -0.3 is 19.5 Å². The first-order valence-electron chi connectivity index (χ1n) is 9.19. The first-order chi connectivity index (χ1) is 13.9. The zero-order valence-electron chi connectivity index (χ0n) is 15.9. The van der Waals surface area contributed by atoms with Gasteiger partial charge in [0.1, 0.15) is 6.61 Å². The number of rotatable bonds is 6. The van der Waals surface area contributed by atoms with Crippen molar-refractivity contribution in [2.75, 3.05) is 13.2 Å². The average molecular weight is 438 g/mol. The molecule has 1 aliphatic rings. The van der Waals surface area contributed by atoms with Crippen molar-refractivity contribution >= 4 is 35.1 Å². The number of fused-ring (bicyclic) bond motifs is 1. The van der Waals surface area contributed by atoms with Gasteiger partial charge in [-0.2, -0.15) is 0 Å². The first kappa shape index (κ1) is 21.3. The molecule has 0 radical (unpaired) electrons. The number of carbonyl (C=O) groups excluding carboxylic acids is 2. The Hall–Kier alpha value is -2.44. The predicted octanol–water partition coefficient (Wildman–Crippen LogP) is 4.47. The van der Waals surface area contributed by atoms with Gasteiger partial charge in [0.15, 0.2) is 11.5 Å². The highest BCUT2D eigenvalue weighted by Gasteiger charge is 2.21. The Morgan fingerprint density at radius 3 is 2.66 bits per heavy atom. The van der Waals surface area contributed by atoms with Crippen molar-refractivity contribution < 1.29 is 23.8 Å². The van der Waals surface area contributed by atoms with Crippen LogP contribution < -0.4 is 14.8 Å². The van der Waals surface area contributed by atoms with Crippen LogP contribution in [0.2, 0.25) is 10.0 Å². The molecule has 0 aliphatic carbocycles. The lowest BCUT2D eigenvalue weighted by atomic mass is 10.0. The maximum absolute atomic E-state index is 12.4. The number of halogens is 2. The van der Waals surface area contributed by atoms with Crippen LogP contribution >= 0.6 is 23.2 Å². The second-order valence-electron chi connectivity index (χ2n) is 6.59. The molecule has 3 rings (SSSR count). The van der Waals surface area contributed by atoms with Crippen LogP contribution in [0.15, 0.2) is 36.4 Å². The molecule has 1 N–H and O–H groups in total. The summed E-state index contributed by atoms with van der Waals surface area (Å²) in [5.74, 6) is 0.293. The zero-order chi connectivity index (χ0) is 20.8. The Balaban J connectivity index is 1.66. The van der Waals surface area contributed by atoms with Gasteiger partial charge in [0.25, 0.3) is 0 Å². The third-order valence-corrected chi connectivity index (χ3v) is 4.92. The third-order valence-electron chi connectivity index (χ3n) is 4.29. The van der Waals surface area contributed by atoms with Crippen molar-refractivity contribution in [2.45, 2.75) is 32.4 Å². The van der Waals surface area contributed by atoms with E-state index in [1.54, 1.807) is 36.4 Å². The molecule has 0 spiro atoms. The Morgan fingerprint density at radius 2 is 1.90 bits per heavy atom. The Morgan fingerprint density at radius 1 is 1.14 bits per heavy atom. The van der Waals surface area contributed by atoms with Gasteiger partial charge in [0, 0.05) is 18.4 Å². The van der Waals surface area contributed by atoms with E-state index in [0.29, 0.717) is 45.9 Å². The molecule has 2 aromatic carbocycles. The van der Waals surface area contributed by atoms with E-state index in [9.17, 15) is 9.59 Å². The molecule has 0 bridgehead atoms. The fourth-order valence-corrected chi connectivity index (χ4v) is 3.55. The van der Waals surface area contributed by atoms with E-state index in [-0.39, 0.29) is 18.9 Å². The molecule has 8 heteroatoms. The van der Waals surface area contributed by atoms with Crippen LogP contribution in [0.4, 0.5) is 0 Å². The van der Waals surface area contributed by atoms with Crippen molar-refractivity contribution in [3.63, 3.8) is 0 Å². The van der Waals surface area contributed by atoms with Gasteiger partial charge in [0.2, 0.25) is 5.91 Å². The summed E-state index contributed by atoms with van der Waals surface area (Å²) >= 11 is 12.5. The van der Waals surface area contributed by atoms with E-state index in [4.69, 9.17) is 37.4 Å². The summed E-state index contributed by atoms with van der Waals surface area (Å²) in [5, 5.41) is 3.61. The number of hydrogen-bond donors (Lipinski definition) is 1. The lowest BCUT2D eigenvalue weighted by Gasteiger charge is -2.19. The van der Waals surface area contributed by atoms with Crippen LogP contribution in [-0.2, 0) is 20.9 Å². The molecule has 1 aliphatic heterocycles. The minimum atomic E-state index is -0.582. The van der Waals surface area contributed by atoms with Crippen molar-refractivity contribution in [1.82, 2.24) is 5.32 Å². The summed E-state index contributed by atoms with van der Waals surface area (Å²) in [6, 6.07) is 9.89. The second-order valence-corrected chi connectivity index (χ2v) is 7.41.